The summed E-state index contributed by atoms with van der Waals surface area (Å²) in [5, 5.41) is 9.38. The Hall–Kier alpha value is -3.33. The highest BCUT2D eigenvalue weighted by Crippen LogP contribution is 2.40. The normalized spacial score (nSPS) is 23.0. The van der Waals surface area contributed by atoms with Crippen molar-refractivity contribution in [2.45, 2.75) is 12.1 Å². The van der Waals surface area contributed by atoms with Gasteiger partial charge in [0, 0.05) is 5.56 Å². The number of cyclic esters (lactones) is 2. The van der Waals surface area contributed by atoms with Crippen molar-refractivity contribution in [2.75, 3.05) is 36.2 Å². The molecular formula is C19H17N3O6. The zero-order chi connectivity index (χ0) is 19.3. The molecule has 0 bridgehead atoms. The summed E-state index contributed by atoms with van der Waals surface area (Å²) >= 11 is 0. The van der Waals surface area contributed by atoms with Crippen molar-refractivity contribution in [1.82, 2.24) is 4.98 Å². The van der Waals surface area contributed by atoms with Gasteiger partial charge in [-0.1, -0.05) is 6.07 Å². The van der Waals surface area contributed by atoms with Crippen molar-refractivity contribution in [3.05, 3.63) is 36.5 Å². The largest absolute Gasteiger partial charge is 0.489 e. The van der Waals surface area contributed by atoms with Crippen LogP contribution >= 0.6 is 0 Å². The van der Waals surface area contributed by atoms with E-state index in [-0.39, 0.29) is 25.3 Å². The summed E-state index contributed by atoms with van der Waals surface area (Å²) in [6.07, 6.45) is 0.181. The molecule has 9 heteroatoms. The van der Waals surface area contributed by atoms with Crippen LogP contribution in [0.2, 0.25) is 0 Å². The highest BCUT2D eigenvalue weighted by molar-refractivity contribution is 5.94. The SMILES string of the molecule is O=C1OCCN1c1ccc(-c2ccc3c(c2)OC[C@H]2[C@H](CO)OC(=O)N32)nc1. The number of aliphatic hydroxyl groups excluding tert-OH is 1. The predicted molar refractivity (Wildman–Crippen MR) is 97.5 cm³/mol. The van der Waals surface area contributed by atoms with Crippen LogP contribution in [0.5, 0.6) is 5.75 Å². The Balaban J connectivity index is 1.42. The lowest BCUT2D eigenvalue weighted by Gasteiger charge is -2.31. The standard InChI is InChI=1S/C19H17N3O6/c23-9-17-15-10-27-16-7-11(1-4-14(16)22(15)19(25)28-17)13-3-2-12(8-20-13)21-5-6-26-18(21)24/h1-4,7-8,15,17,23H,5-6,9-10H2/t15-,17-/m0/s1. The molecule has 3 aliphatic heterocycles. The molecule has 2 atom stereocenters. The van der Waals surface area contributed by atoms with E-state index in [1.165, 1.54) is 9.80 Å². The van der Waals surface area contributed by atoms with Gasteiger partial charge in [0.2, 0.25) is 0 Å². The zero-order valence-electron chi connectivity index (χ0n) is 14.8. The van der Waals surface area contributed by atoms with Crippen LogP contribution < -0.4 is 14.5 Å². The summed E-state index contributed by atoms with van der Waals surface area (Å²) in [4.78, 5) is 31.3. The van der Waals surface area contributed by atoms with Crippen LogP contribution in [0.4, 0.5) is 21.0 Å². The zero-order valence-corrected chi connectivity index (χ0v) is 14.8. The molecule has 5 rings (SSSR count). The molecule has 0 spiro atoms. The van der Waals surface area contributed by atoms with Crippen molar-refractivity contribution in [2.24, 2.45) is 0 Å². The van der Waals surface area contributed by atoms with Gasteiger partial charge in [-0.3, -0.25) is 14.8 Å². The molecule has 4 heterocycles. The second kappa shape index (κ2) is 6.38. The van der Waals surface area contributed by atoms with E-state index >= 15 is 0 Å². The lowest BCUT2D eigenvalue weighted by atomic mass is 10.1. The highest BCUT2D eigenvalue weighted by atomic mass is 16.6. The first-order valence-electron chi connectivity index (χ1n) is 8.94. The number of ether oxygens (including phenoxy) is 3. The van der Waals surface area contributed by atoms with E-state index in [2.05, 4.69) is 4.98 Å². The van der Waals surface area contributed by atoms with Crippen molar-refractivity contribution >= 4 is 23.6 Å². The molecule has 28 heavy (non-hydrogen) atoms. The van der Waals surface area contributed by atoms with E-state index < -0.39 is 12.2 Å². The quantitative estimate of drug-likeness (QED) is 0.862. The van der Waals surface area contributed by atoms with E-state index in [0.717, 1.165) is 5.56 Å². The smallest absolute Gasteiger partial charge is 0.415 e. The number of nitrogens with zero attached hydrogens (tertiary/aromatic N) is 3. The number of hydrogen-bond donors (Lipinski definition) is 1. The molecule has 0 saturated carbocycles. The number of pyridine rings is 1. The molecule has 0 aliphatic carbocycles. The molecule has 1 N–H and O–H groups in total. The van der Waals surface area contributed by atoms with Gasteiger partial charge in [0.15, 0.2) is 6.10 Å². The summed E-state index contributed by atoms with van der Waals surface area (Å²) in [6.45, 7) is 0.885. The maximum Gasteiger partial charge on any atom is 0.415 e. The van der Waals surface area contributed by atoms with Gasteiger partial charge in [0.05, 0.1) is 36.4 Å². The van der Waals surface area contributed by atoms with Crippen LogP contribution in [0.15, 0.2) is 36.5 Å². The second-order valence-electron chi connectivity index (χ2n) is 6.70. The van der Waals surface area contributed by atoms with Gasteiger partial charge >= 0.3 is 12.2 Å². The van der Waals surface area contributed by atoms with Gasteiger partial charge in [-0.2, -0.15) is 0 Å². The number of amides is 2. The number of benzene rings is 1. The number of fused-ring (bicyclic) bond motifs is 3. The van der Waals surface area contributed by atoms with Gasteiger partial charge in [-0.25, -0.2) is 9.59 Å². The predicted octanol–water partition coefficient (Wildman–Crippen LogP) is 1.78. The van der Waals surface area contributed by atoms with E-state index in [1.807, 2.05) is 24.3 Å². The van der Waals surface area contributed by atoms with Crippen LogP contribution in [0.1, 0.15) is 0 Å². The first-order chi connectivity index (χ1) is 13.7. The molecular weight excluding hydrogens is 366 g/mol. The van der Waals surface area contributed by atoms with Gasteiger partial charge in [-0.15, -0.1) is 0 Å². The molecule has 3 aliphatic rings. The topological polar surface area (TPSA) is 101 Å². The Kier molecular flexibility index (Phi) is 3.83. The van der Waals surface area contributed by atoms with Gasteiger partial charge < -0.3 is 19.3 Å². The minimum absolute atomic E-state index is 0.246. The number of hydrogen-bond acceptors (Lipinski definition) is 7. The number of rotatable bonds is 3. The van der Waals surface area contributed by atoms with Crippen LogP contribution in [0, 0.1) is 0 Å². The van der Waals surface area contributed by atoms with E-state index in [9.17, 15) is 14.7 Å². The fraction of sp³-hybridized carbons (Fsp3) is 0.316. The summed E-state index contributed by atoms with van der Waals surface area (Å²) in [5.41, 5.74) is 2.82. The molecule has 2 saturated heterocycles. The fourth-order valence-corrected chi connectivity index (χ4v) is 3.69. The average molecular weight is 383 g/mol. The molecule has 144 valence electrons. The van der Waals surface area contributed by atoms with Crippen molar-refractivity contribution in [1.29, 1.82) is 0 Å². The number of anilines is 2. The Morgan fingerprint density at radius 3 is 2.75 bits per heavy atom. The molecule has 2 fully saturated rings. The Morgan fingerprint density at radius 2 is 2.04 bits per heavy atom. The average Bonchev–Trinajstić information content (AvgIpc) is 3.30. The Labute approximate surface area is 160 Å². The Bertz CT molecular complexity index is 947. The van der Waals surface area contributed by atoms with Crippen LogP contribution in [0.3, 0.4) is 0 Å². The monoisotopic (exact) mass is 383 g/mol. The molecule has 1 aromatic heterocycles. The number of aromatic nitrogens is 1. The molecule has 1 aromatic carbocycles. The lowest BCUT2D eigenvalue weighted by Crippen LogP contribution is -2.45. The van der Waals surface area contributed by atoms with Crippen LogP contribution in [-0.2, 0) is 9.47 Å². The van der Waals surface area contributed by atoms with Crippen LogP contribution in [0.25, 0.3) is 11.3 Å². The number of aliphatic hydroxyl groups is 1. The Morgan fingerprint density at radius 1 is 1.14 bits per heavy atom. The van der Waals surface area contributed by atoms with Crippen molar-refractivity contribution in [3.63, 3.8) is 0 Å². The first kappa shape index (κ1) is 16.8. The molecule has 0 unspecified atom stereocenters. The second-order valence-corrected chi connectivity index (χ2v) is 6.70. The van der Waals surface area contributed by atoms with Gasteiger partial charge in [0.1, 0.15) is 25.0 Å². The minimum Gasteiger partial charge on any atom is -0.489 e. The summed E-state index contributed by atoms with van der Waals surface area (Å²) in [5.74, 6) is 0.554. The third-order valence-corrected chi connectivity index (χ3v) is 5.13. The molecule has 2 amide bonds. The minimum atomic E-state index is -0.591. The van der Waals surface area contributed by atoms with E-state index in [1.54, 1.807) is 12.3 Å². The fourth-order valence-electron chi connectivity index (χ4n) is 3.69. The van der Waals surface area contributed by atoms with E-state index in [4.69, 9.17) is 14.2 Å². The molecule has 2 aromatic rings. The molecule has 0 radical (unpaired) electrons. The number of carbonyl (C=O) groups excluding carboxylic acids is 2. The third-order valence-electron chi connectivity index (χ3n) is 5.13. The van der Waals surface area contributed by atoms with Crippen molar-refractivity contribution < 1.29 is 28.9 Å². The van der Waals surface area contributed by atoms with Crippen molar-refractivity contribution in [3.8, 4) is 17.0 Å². The van der Waals surface area contributed by atoms with Crippen LogP contribution in [-0.4, -0.2) is 60.8 Å². The maximum absolute atomic E-state index is 12.2. The van der Waals surface area contributed by atoms with Gasteiger partial charge in [0.25, 0.3) is 0 Å². The maximum atomic E-state index is 12.2. The van der Waals surface area contributed by atoms with E-state index in [0.29, 0.717) is 36.0 Å². The lowest BCUT2D eigenvalue weighted by molar-refractivity contribution is 0.0734. The first-order valence-corrected chi connectivity index (χ1v) is 8.94. The highest BCUT2D eigenvalue weighted by Gasteiger charge is 2.46. The molecule has 9 nitrogen and oxygen atoms in total. The summed E-state index contributed by atoms with van der Waals surface area (Å²) in [6, 6.07) is 8.74. The van der Waals surface area contributed by atoms with Gasteiger partial charge in [-0.05, 0) is 24.3 Å². The number of carbonyl (C=O) groups is 2. The third kappa shape index (κ3) is 2.55. The summed E-state index contributed by atoms with van der Waals surface area (Å²) in [7, 11) is 0. The summed E-state index contributed by atoms with van der Waals surface area (Å²) < 4.78 is 16.0.